The van der Waals surface area contributed by atoms with Gasteiger partial charge in [0.2, 0.25) is 5.91 Å². The van der Waals surface area contributed by atoms with E-state index in [0.717, 1.165) is 24.3 Å². The van der Waals surface area contributed by atoms with E-state index in [1.54, 1.807) is 12.0 Å². The maximum Gasteiger partial charge on any atom is 0.236 e. The van der Waals surface area contributed by atoms with E-state index >= 15 is 0 Å². The average molecular weight is 392 g/mol. The fraction of sp³-hybridized carbons (Fsp3) is 0.381. The number of halogens is 1. The highest BCUT2D eigenvalue weighted by Crippen LogP contribution is 2.14. The van der Waals surface area contributed by atoms with E-state index in [4.69, 9.17) is 10.5 Å². The quantitative estimate of drug-likeness (QED) is 0.676. The molecule has 2 N–H and O–H groups in total. The van der Waals surface area contributed by atoms with E-state index in [9.17, 15) is 4.79 Å². The molecular formula is C21H30ClN3O2. The molecule has 27 heavy (non-hydrogen) atoms. The molecule has 6 heteroatoms. The number of nitrogens with zero attached hydrogens (tertiary/aromatic N) is 2. The molecule has 0 atom stereocenters. The highest BCUT2D eigenvalue weighted by atomic mass is 35.5. The third-order valence-electron chi connectivity index (χ3n) is 4.34. The van der Waals surface area contributed by atoms with Crippen molar-refractivity contribution in [2.24, 2.45) is 5.73 Å². The molecule has 0 aliphatic heterocycles. The minimum absolute atomic E-state index is 0. The summed E-state index contributed by atoms with van der Waals surface area (Å²) in [5, 5.41) is 0. The van der Waals surface area contributed by atoms with E-state index in [1.165, 1.54) is 5.56 Å². The second-order valence-electron chi connectivity index (χ2n) is 6.40. The fourth-order valence-corrected chi connectivity index (χ4v) is 2.83. The van der Waals surface area contributed by atoms with Gasteiger partial charge >= 0.3 is 0 Å². The molecule has 2 aromatic rings. The summed E-state index contributed by atoms with van der Waals surface area (Å²) in [7, 11) is 3.48. The number of rotatable bonds is 10. The molecule has 0 aliphatic carbocycles. The summed E-state index contributed by atoms with van der Waals surface area (Å²) < 4.78 is 5.24. The molecule has 0 heterocycles. The molecule has 0 unspecified atom stereocenters. The number of carbonyl (C=O) groups excluding carboxylic acids is 1. The van der Waals surface area contributed by atoms with Gasteiger partial charge in [-0.2, -0.15) is 0 Å². The Labute approximate surface area is 168 Å². The molecule has 0 saturated heterocycles. The first-order valence-electron chi connectivity index (χ1n) is 8.95. The van der Waals surface area contributed by atoms with Crippen LogP contribution in [0, 0.1) is 0 Å². The third kappa shape index (κ3) is 7.99. The van der Waals surface area contributed by atoms with Crippen molar-refractivity contribution < 1.29 is 9.53 Å². The highest BCUT2D eigenvalue weighted by molar-refractivity contribution is 5.85. The van der Waals surface area contributed by atoms with Crippen molar-refractivity contribution in [3.05, 3.63) is 65.7 Å². The van der Waals surface area contributed by atoms with Crippen molar-refractivity contribution in [1.29, 1.82) is 0 Å². The van der Waals surface area contributed by atoms with Crippen molar-refractivity contribution in [2.75, 3.05) is 40.3 Å². The summed E-state index contributed by atoms with van der Waals surface area (Å²) >= 11 is 0. The minimum atomic E-state index is 0. The molecule has 0 spiro atoms. The minimum Gasteiger partial charge on any atom is -0.497 e. The SMILES string of the molecule is COc1cccc(CN(C)C(=O)CN(CCN)CCc2ccccc2)c1.Cl. The molecule has 0 aliphatic rings. The van der Waals surface area contributed by atoms with Gasteiger partial charge in [-0.15, -0.1) is 12.4 Å². The lowest BCUT2D eigenvalue weighted by Crippen LogP contribution is -2.41. The molecule has 2 rings (SSSR count). The Balaban J connectivity index is 0.00000364. The molecule has 0 saturated carbocycles. The van der Waals surface area contributed by atoms with Crippen LogP contribution in [0.4, 0.5) is 0 Å². The third-order valence-corrected chi connectivity index (χ3v) is 4.34. The Morgan fingerprint density at radius 2 is 1.74 bits per heavy atom. The van der Waals surface area contributed by atoms with Gasteiger partial charge in [0.05, 0.1) is 13.7 Å². The first-order valence-corrected chi connectivity index (χ1v) is 8.95. The lowest BCUT2D eigenvalue weighted by Gasteiger charge is -2.25. The number of carbonyl (C=O) groups is 1. The normalized spacial score (nSPS) is 10.4. The zero-order valence-electron chi connectivity index (χ0n) is 16.1. The number of hydrogen-bond acceptors (Lipinski definition) is 4. The van der Waals surface area contributed by atoms with Gasteiger partial charge in [0.1, 0.15) is 5.75 Å². The lowest BCUT2D eigenvalue weighted by atomic mass is 10.1. The molecule has 5 nitrogen and oxygen atoms in total. The number of nitrogens with two attached hydrogens (primary N) is 1. The average Bonchev–Trinajstić information content (AvgIpc) is 2.67. The van der Waals surface area contributed by atoms with Crippen molar-refractivity contribution in [3.8, 4) is 5.75 Å². The summed E-state index contributed by atoms with van der Waals surface area (Å²) in [5.74, 6) is 0.894. The molecular weight excluding hydrogens is 362 g/mol. The van der Waals surface area contributed by atoms with E-state index in [2.05, 4.69) is 17.0 Å². The predicted molar refractivity (Wildman–Crippen MR) is 112 cm³/mol. The predicted octanol–water partition coefficient (Wildman–Crippen LogP) is 2.58. The molecule has 0 radical (unpaired) electrons. The lowest BCUT2D eigenvalue weighted by molar-refractivity contribution is -0.131. The Hall–Kier alpha value is -2.08. The van der Waals surface area contributed by atoms with E-state index in [0.29, 0.717) is 26.2 Å². The highest BCUT2D eigenvalue weighted by Gasteiger charge is 2.14. The van der Waals surface area contributed by atoms with Gasteiger partial charge in [0, 0.05) is 33.2 Å². The van der Waals surface area contributed by atoms with Crippen LogP contribution in [-0.2, 0) is 17.8 Å². The van der Waals surface area contributed by atoms with Crippen LogP contribution in [-0.4, -0.2) is 56.0 Å². The molecule has 2 aromatic carbocycles. The first-order chi connectivity index (χ1) is 12.6. The summed E-state index contributed by atoms with van der Waals surface area (Å²) in [5.41, 5.74) is 8.05. The maximum atomic E-state index is 12.6. The Morgan fingerprint density at radius 3 is 2.41 bits per heavy atom. The van der Waals surface area contributed by atoms with Gasteiger partial charge in [0.15, 0.2) is 0 Å². The largest absolute Gasteiger partial charge is 0.497 e. The monoisotopic (exact) mass is 391 g/mol. The fourth-order valence-electron chi connectivity index (χ4n) is 2.83. The zero-order valence-corrected chi connectivity index (χ0v) is 17.0. The van der Waals surface area contributed by atoms with Gasteiger partial charge < -0.3 is 15.4 Å². The smallest absolute Gasteiger partial charge is 0.236 e. The van der Waals surface area contributed by atoms with Gasteiger partial charge in [-0.25, -0.2) is 0 Å². The Kier molecular flexibility index (Phi) is 10.5. The molecule has 1 amide bonds. The van der Waals surface area contributed by atoms with Crippen LogP contribution in [0.5, 0.6) is 5.75 Å². The van der Waals surface area contributed by atoms with Crippen LogP contribution in [0.1, 0.15) is 11.1 Å². The van der Waals surface area contributed by atoms with Crippen molar-refractivity contribution in [1.82, 2.24) is 9.80 Å². The number of methoxy groups -OCH3 is 1. The number of benzene rings is 2. The Bertz CT molecular complexity index is 682. The van der Waals surface area contributed by atoms with Crippen LogP contribution in [0.2, 0.25) is 0 Å². The second-order valence-corrected chi connectivity index (χ2v) is 6.40. The first kappa shape index (κ1) is 23.0. The van der Waals surface area contributed by atoms with Crippen LogP contribution in [0.3, 0.4) is 0 Å². The zero-order chi connectivity index (χ0) is 18.8. The summed E-state index contributed by atoms with van der Waals surface area (Å²) in [6, 6.07) is 18.1. The second kappa shape index (κ2) is 12.3. The topological polar surface area (TPSA) is 58.8 Å². The summed E-state index contributed by atoms with van der Waals surface area (Å²) in [6.45, 7) is 3.02. The van der Waals surface area contributed by atoms with Gasteiger partial charge in [-0.1, -0.05) is 42.5 Å². The van der Waals surface area contributed by atoms with Gasteiger partial charge in [0.25, 0.3) is 0 Å². The Morgan fingerprint density at radius 1 is 1.04 bits per heavy atom. The number of amides is 1. The van der Waals surface area contributed by atoms with Gasteiger partial charge in [-0.05, 0) is 29.7 Å². The summed E-state index contributed by atoms with van der Waals surface area (Å²) in [4.78, 5) is 16.5. The van der Waals surface area contributed by atoms with Crippen LogP contribution < -0.4 is 10.5 Å². The molecule has 0 fully saturated rings. The van der Waals surface area contributed by atoms with Crippen molar-refractivity contribution >= 4 is 18.3 Å². The van der Waals surface area contributed by atoms with E-state index < -0.39 is 0 Å². The van der Waals surface area contributed by atoms with Crippen LogP contribution >= 0.6 is 12.4 Å². The summed E-state index contributed by atoms with van der Waals surface area (Å²) in [6.07, 6.45) is 0.910. The van der Waals surface area contributed by atoms with Crippen LogP contribution in [0.25, 0.3) is 0 Å². The number of likely N-dealkylation sites (N-methyl/N-ethyl adjacent to an activating group) is 1. The van der Waals surface area contributed by atoms with Gasteiger partial charge in [-0.3, -0.25) is 9.69 Å². The number of ether oxygens (including phenoxy) is 1. The molecule has 0 aromatic heterocycles. The maximum absolute atomic E-state index is 12.6. The molecule has 0 bridgehead atoms. The standard InChI is InChI=1S/C21H29N3O2.ClH/c1-23(16-19-9-6-10-20(15-19)26-2)21(25)17-24(14-12-22)13-11-18-7-4-3-5-8-18;/h3-10,15H,11-14,16-17,22H2,1-2H3;1H. The van der Waals surface area contributed by atoms with Crippen molar-refractivity contribution in [3.63, 3.8) is 0 Å². The molecule has 148 valence electrons. The van der Waals surface area contributed by atoms with Crippen molar-refractivity contribution in [2.45, 2.75) is 13.0 Å². The number of hydrogen-bond donors (Lipinski definition) is 1. The van der Waals surface area contributed by atoms with Crippen LogP contribution in [0.15, 0.2) is 54.6 Å². The van der Waals surface area contributed by atoms with E-state index in [1.807, 2.05) is 49.5 Å². The van der Waals surface area contributed by atoms with E-state index in [-0.39, 0.29) is 18.3 Å².